The number of hydrogen-bond acceptors (Lipinski definition) is 4. The topological polar surface area (TPSA) is 64.6 Å². The molecule has 0 unspecified atom stereocenters. The zero-order valence-electron chi connectivity index (χ0n) is 12.5. The van der Waals surface area contributed by atoms with E-state index in [4.69, 9.17) is 9.47 Å². The van der Waals surface area contributed by atoms with Crippen LogP contribution < -0.4 is 14.2 Å². The van der Waals surface area contributed by atoms with Crippen LogP contribution in [0.4, 0.5) is 4.39 Å². The van der Waals surface area contributed by atoms with Crippen LogP contribution in [0.15, 0.2) is 47.4 Å². The minimum Gasteiger partial charge on any atom is -0.486 e. The standard InChI is InChI=1S/C16H16FNO4S/c1-11(12-2-7-15-16(10-12)22-9-8-21-15)18-23(19,20)14-5-3-13(17)4-6-14/h2-7,10-11,18H,8-9H2,1H3/t11-/m0/s1. The molecule has 1 N–H and O–H groups in total. The van der Waals surface area contributed by atoms with Crippen molar-refractivity contribution in [3.8, 4) is 11.5 Å². The van der Waals surface area contributed by atoms with Gasteiger partial charge in [0.25, 0.3) is 0 Å². The van der Waals surface area contributed by atoms with Gasteiger partial charge in [-0.2, -0.15) is 0 Å². The fraction of sp³-hybridized carbons (Fsp3) is 0.250. The largest absolute Gasteiger partial charge is 0.486 e. The van der Waals surface area contributed by atoms with Gasteiger partial charge < -0.3 is 9.47 Å². The van der Waals surface area contributed by atoms with E-state index in [2.05, 4.69) is 4.72 Å². The van der Waals surface area contributed by atoms with Crippen LogP contribution in [0, 0.1) is 5.82 Å². The summed E-state index contributed by atoms with van der Waals surface area (Å²) in [6, 6.07) is 9.51. The molecule has 1 aliphatic rings. The third-order valence-corrected chi connectivity index (χ3v) is 5.08. The first-order valence-corrected chi connectivity index (χ1v) is 8.61. The molecule has 5 nitrogen and oxygen atoms in total. The monoisotopic (exact) mass is 337 g/mol. The van der Waals surface area contributed by atoms with Crippen LogP contribution in [0.25, 0.3) is 0 Å². The van der Waals surface area contributed by atoms with Crippen molar-refractivity contribution >= 4 is 10.0 Å². The van der Waals surface area contributed by atoms with Gasteiger partial charge in [0.05, 0.1) is 4.90 Å². The fourth-order valence-electron chi connectivity index (χ4n) is 2.31. The second-order valence-electron chi connectivity index (χ2n) is 5.20. The summed E-state index contributed by atoms with van der Waals surface area (Å²) in [5, 5.41) is 0. The molecule has 2 aromatic carbocycles. The molecule has 1 heterocycles. The van der Waals surface area contributed by atoms with Crippen molar-refractivity contribution in [1.82, 2.24) is 4.72 Å². The second-order valence-corrected chi connectivity index (χ2v) is 6.91. The molecule has 0 fully saturated rings. The Hall–Kier alpha value is -2.12. The highest BCUT2D eigenvalue weighted by Crippen LogP contribution is 2.32. The van der Waals surface area contributed by atoms with Gasteiger partial charge in [-0.15, -0.1) is 0 Å². The van der Waals surface area contributed by atoms with Gasteiger partial charge in [0.1, 0.15) is 19.0 Å². The number of rotatable bonds is 4. The Morgan fingerprint density at radius 2 is 1.70 bits per heavy atom. The highest BCUT2D eigenvalue weighted by atomic mass is 32.2. The van der Waals surface area contributed by atoms with Crippen LogP contribution in [-0.2, 0) is 10.0 Å². The van der Waals surface area contributed by atoms with E-state index in [9.17, 15) is 12.8 Å². The molecule has 0 amide bonds. The van der Waals surface area contributed by atoms with Crippen LogP contribution in [0.3, 0.4) is 0 Å². The van der Waals surface area contributed by atoms with E-state index in [1.165, 1.54) is 12.1 Å². The van der Waals surface area contributed by atoms with Crippen molar-refractivity contribution in [2.24, 2.45) is 0 Å². The minimum absolute atomic E-state index is 0.0169. The number of sulfonamides is 1. The van der Waals surface area contributed by atoms with E-state index in [-0.39, 0.29) is 4.90 Å². The van der Waals surface area contributed by atoms with E-state index in [1.54, 1.807) is 25.1 Å². The number of benzene rings is 2. The van der Waals surface area contributed by atoms with Crippen LogP contribution >= 0.6 is 0 Å². The Morgan fingerprint density at radius 1 is 1.04 bits per heavy atom. The predicted molar refractivity (Wildman–Crippen MR) is 82.6 cm³/mol. The number of halogens is 1. The second kappa shape index (κ2) is 6.17. The van der Waals surface area contributed by atoms with Gasteiger partial charge in [-0.1, -0.05) is 6.07 Å². The average molecular weight is 337 g/mol. The molecule has 3 rings (SSSR count). The van der Waals surface area contributed by atoms with Crippen LogP contribution in [0.1, 0.15) is 18.5 Å². The summed E-state index contributed by atoms with van der Waals surface area (Å²) in [6.07, 6.45) is 0. The summed E-state index contributed by atoms with van der Waals surface area (Å²) in [5.74, 6) is 0.763. The average Bonchev–Trinajstić information content (AvgIpc) is 2.54. The molecule has 0 aliphatic carbocycles. The van der Waals surface area contributed by atoms with E-state index in [1.807, 2.05) is 0 Å². The van der Waals surface area contributed by atoms with Crippen molar-refractivity contribution in [3.05, 3.63) is 53.8 Å². The molecular weight excluding hydrogens is 321 g/mol. The first kappa shape index (κ1) is 15.8. The molecule has 0 bridgehead atoms. The molecule has 122 valence electrons. The van der Waals surface area contributed by atoms with Gasteiger partial charge in [-0.25, -0.2) is 17.5 Å². The van der Waals surface area contributed by atoms with Gasteiger partial charge >= 0.3 is 0 Å². The highest BCUT2D eigenvalue weighted by molar-refractivity contribution is 7.89. The van der Waals surface area contributed by atoms with Crippen LogP contribution in [0.2, 0.25) is 0 Å². The van der Waals surface area contributed by atoms with Gasteiger partial charge in [0.15, 0.2) is 11.5 Å². The molecule has 0 radical (unpaired) electrons. The van der Waals surface area contributed by atoms with Crippen molar-refractivity contribution in [2.75, 3.05) is 13.2 Å². The Balaban J connectivity index is 1.80. The number of fused-ring (bicyclic) bond motifs is 1. The maximum atomic E-state index is 12.9. The molecule has 23 heavy (non-hydrogen) atoms. The van der Waals surface area contributed by atoms with Crippen molar-refractivity contribution in [2.45, 2.75) is 17.9 Å². The quantitative estimate of drug-likeness (QED) is 0.931. The van der Waals surface area contributed by atoms with E-state index < -0.39 is 21.9 Å². The normalized spacial score (nSPS) is 15.2. The third-order valence-electron chi connectivity index (χ3n) is 3.52. The third kappa shape index (κ3) is 3.46. The summed E-state index contributed by atoms with van der Waals surface area (Å²) in [5.41, 5.74) is 0.750. The zero-order valence-corrected chi connectivity index (χ0v) is 13.3. The lowest BCUT2D eigenvalue weighted by molar-refractivity contribution is 0.171. The molecule has 0 spiro atoms. The first-order chi connectivity index (χ1) is 11.0. The van der Waals surface area contributed by atoms with Crippen LogP contribution in [0.5, 0.6) is 11.5 Å². The lowest BCUT2D eigenvalue weighted by Gasteiger charge is -2.21. The Morgan fingerprint density at radius 3 is 2.39 bits per heavy atom. The van der Waals surface area contributed by atoms with E-state index in [0.717, 1.165) is 17.7 Å². The molecule has 1 atom stereocenters. The van der Waals surface area contributed by atoms with E-state index >= 15 is 0 Å². The first-order valence-electron chi connectivity index (χ1n) is 7.13. The SMILES string of the molecule is C[C@H](NS(=O)(=O)c1ccc(F)cc1)c1ccc2c(c1)OCCO2. The summed E-state index contributed by atoms with van der Waals surface area (Å²) < 4.78 is 51.1. The molecule has 7 heteroatoms. The van der Waals surface area contributed by atoms with Crippen molar-refractivity contribution in [3.63, 3.8) is 0 Å². The van der Waals surface area contributed by atoms with Crippen molar-refractivity contribution in [1.29, 1.82) is 0 Å². The lowest BCUT2D eigenvalue weighted by atomic mass is 10.1. The van der Waals surface area contributed by atoms with Crippen LogP contribution in [-0.4, -0.2) is 21.6 Å². The minimum atomic E-state index is -3.73. The molecule has 0 aromatic heterocycles. The zero-order chi connectivity index (χ0) is 16.4. The highest BCUT2D eigenvalue weighted by Gasteiger charge is 2.20. The van der Waals surface area contributed by atoms with Gasteiger partial charge in [-0.05, 0) is 48.9 Å². The van der Waals surface area contributed by atoms with Crippen molar-refractivity contribution < 1.29 is 22.3 Å². The number of hydrogen-bond donors (Lipinski definition) is 1. The van der Waals surface area contributed by atoms with Gasteiger partial charge in [0, 0.05) is 6.04 Å². The molecular formula is C16H16FNO4S. The van der Waals surface area contributed by atoms with Gasteiger partial charge in [-0.3, -0.25) is 0 Å². The smallest absolute Gasteiger partial charge is 0.241 e. The molecule has 0 saturated heterocycles. The maximum Gasteiger partial charge on any atom is 0.241 e. The maximum absolute atomic E-state index is 12.9. The summed E-state index contributed by atoms with van der Waals surface area (Å²) in [6.45, 7) is 2.69. The fourth-order valence-corrected chi connectivity index (χ4v) is 3.54. The number of nitrogens with one attached hydrogen (secondary N) is 1. The summed E-state index contributed by atoms with van der Waals surface area (Å²) in [7, 11) is -3.73. The summed E-state index contributed by atoms with van der Waals surface area (Å²) in [4.78, 5) is 0.0169. The number of ether oxygens (including phenoxy) is 2. The molecule has 1 aliphatic heterocycles. The lowest BCUT2D eigenvalue weighted by Crippen LogP contribution is -2.27. The Bertz CT molecular complexity index is 805. The van der Waals surface area contributed by atoms with E-state index in [0.29, 0.717) is 24.7 Å². The predicted octanol–water partition coefficient (Wildman–Crippen LogP) is 2.64. The molecule has 2 aromatic rings. The Kier molecular flexibility index (Phi) is 4.23. The molecule has 0 saturated carbocycles. The Labute approximate surface area is 134 Å². The van der Waals surface area contributed by atoms with Gasteiger partial charge in [0.2, 0.25) is 10.0 Å². The summed E-state index contributed by atoms with van der Waals surface area (Å²) >= 11 is 0.